The fourth-order valence-corrected chi connectivity index (χ4v) is 3.21. The first kappa shape index (κ1) is 17.7. The lowest BCUT2D eigenvalue weighted by Crippen LogP contribution is -2.34. The van der Waals surface area contributed by atoms with E-state index < -0.39 is 0 Å². The number of amides is 1. The Hall–Kier alpha value is -2.15. The molecule has 1 N–H and O–H groups in total. The number of aromatic nitrogens is 3. The van der Waals surface area contributed by atoms with Crippen LogP contribution in [0.2, 0.25) is 0 Å². The van der Waals surface area contributed by atoms with Gasteiger partial charge in [-0.15, -0.1) is 10.2 Å². The second kappa shape index (κ2) is 7.82. The molecule has 0 aliphatic carbocycles. The first-order valence-electron chi connectivity index (χ1n) is 9.04. The highest BCUT2D eigenvalue weighted by molar-refractivity contribution is 5.75. The van der Waals surface area contributed by atoms with Gasteiger partial charge in [-0.2, -0.15) is 0 Å². The van der Waals surface area contributed by atoms with E-state index in [0.717, 1.165) is 50.0 Å². The topological polar surface area (TPSA) is 76.2 Å². The number of rotatable bonds is 6. The fourth-order valence-electron chi connectivity index (χ4n) is 3.21. The Balaban J connectivity index is 1.74. The van der Waals surface area contributed by atoms with Crippen LogP contribution >= 0.6 is 0 Å². The van der Waals surface area contributed by atoms with E-state index in [1.807, 2.05) is 19.1 Å². The predicted molar refractivity (Wildman–Crippen MR) is 93.7 cm³/mol. The van der Waals surface area contributed by atoms with Crippen molar-refractivity contribution in [2.75, 3.05) is 13.1 Å². The molecule has 0 spiro atoms. The number of furan rings is 1. The molecule has 0 bridgehead atoms. The van der Waals surface area contributed by atoms with Gasteiger partial charge in [0.25, 0.3) is 0 Å². The smallest absolute Gasteiger partial charge is 0.220 e. The lowest BCUT2D eigenvalue weighted by Gasteiger charge is -2.23. The summed E-state index contributed by atoms with van der Waals surface area (Å²) in [6, 6.07) is 3.82. The normalized spacial score (nSPS) is 16.5. The molecule has 3 heterocycles. The molecule has 0 aromatic carbocycles. The van der Waals surface area contributed by atoms with Gasteiger partial charge in [0.2, 0.25) is 5.91 Å². The van der Waals surface area contributed by atoms with Crippen molar-refractivity contribution in [3.63, 3.8) is 0 Å². The van der Waals surface area contributed by atoms with E-state index in [9.17, 15) is 4.79 Å². The zero-order valence-corrected chi connectivity index (χ0v) is 15.2. The average Bonchev–Trinajstić information content (AvgIpc) is 3.20. The van der Waals surface area contributed by atoms with E-state index in [4.69, 9.17) is 4.42 Å². The van der Waals surface area contributed by atoms with Crippen molar-refractivity contribution in [1.29, 1.82) is 0 Å². The van der Waals surface area contributed by atoms with Crippen LogP contribution in [-0.2, 0) is 24.3 Å². The maximum absolute atomic E-state index is 11.9. The van der Waals surface area contributed by atoms with Crippen molar-refractivity contribution in [2.24, 2.45) is 5.92 Å². The monoisotopic (exact) mass is 345 g/mol. The minimum absolute atomic E-state index is 0.0455. The fraction of sp³-hybridized carbons (Fsp3) is 0.611. The van der Waals surface area contributed by atoms with Crippen LogP contribution in [0.4, 0.5) is 0 Å². The van der Waals surface area contributed by atoms with E-state index in [-0.39, 0.29) is 17.9 Å². The molecule has 0 saturated heterocycles. The molecule has 136 valence electrons. The summed E-state index contributed by atoms with van der Waals surface area (Å²) < 4.78 is 7.64. The van der Waals surface area contributed by atoms with Crippen molar-refractivity contribution in [3.05, 3.63) is 35.8 Å². The highest BCUT2D eigenvalue weighted by Crippen LogP contribution is 2.23. The highest BCUT2D eigenvalue weighted by atomic mass is 16.3. The molecule has 7 nitrogen and oxygen atoms in total. The first-order valence-corrected chi connectivity index (χ1v) is 9.04. The predicted octanol–water partition coefficient (Wildman–Crippen LogP) is 2.15. The van der Waals surface area contributed by atoms with Gasteiger partial charge in [-0.1, -0.05) is 20.8 Å². The van der Waals surface area contributed by atoms with Gasteiger partial charge in [0.05, 0.1) is 18.8 Å². The Morgan fingerprint density at radius 1 is 1.32 bits per heavy atom. The quantitative estimate of drug-likeness (QED) is 0.868. The van der Waals surface area contributed by atoms with Gasteiger partial charge in [-0.25, -0.2) is 0 Å². The summed E-state index contributed by atoms with van der Waals surface area (Å²) in [5, 5.41) is 11.9. The summed E-state index contributed by atoms with van der Waals surface area (Å²) in [4.78, 5) is 14.3. The number of carbonyl (C=O) groups is 1. The molecule has 1 amide bonds. The first-order chi connectivity index (χ1) is 12.1. The molecule has 0 radical (unpaired) electrons. The van der Waals surface area contributed by atoms with Crippen LogP contribution in [-0.4, -0.2) is 38.7 Å². The Labute approximate surface area is 148 Å². The third-order valence-corrected chi connectivity index (χ3v) is 4.69. The molecule has 1 aliphatic rings. The highest BCUT2D eigenvalue weighted by Gasteiger charge is 2.27. The Morgan fingerprint density at radius 3 is 2.84 bits per heavy atom. The molecule has 0 fully saturated rings. The van der Waals surface area contributed by atoms with Crippen molar-refractivity contribution in [2.45, 2.75) is 52.7 Å². The molecule has 1 aliphatic heterocycles. The van der Waals surface area contributed by atoms with Gasteiger partial charge in [0.15, 0.2) is 5.82 Å². The van der Waals surface area contributed by atoms with Crippen LogP contribution in [0.25, 0.3) is 0 Å². The van der Waals surface area contributed by atoms with Crippen molar-refractivity contribution in [3.8, 4) is 0 Å². The average molecular weight is 345 g/mol. The molecule has 7 heteroatoms. The maximum Gasteiger partial charge on any atom is 0.220 e. The lowest BCUT2D eigenvalue weighted by atomic mass is 10.0. The SMILES string of the molecule is CCC(=O)NC(c1nnc2n1CCN(Cc1ccco1)CC2)C(C)C. The third-order valence-electron chi connectivity index (χ3n) is 4.69. The Morgan fingerprint density at radius 2 is 2.16 bits per heavy atom. The molecule has 3 rings (SSSR count). The lowest BCUT2D eigenvalue weighted by molar-refractivity contribution is -0.121. The van der Waals surface area contributed by atoms with Crippen LogP contribution < -0.4 is 5.32 Å². The molecule has 2 aromatic heterocycles. The number of nitrogens with one attached hydrogen (secondary N) is 1. The summed E-state index contributed by atoms with van der Waals surface area (Å²) >= 11 is 0. The largest absolute Gasteiger partial charge is 0.468 e. The van der Waals surface area contributed by atoms with Crippen LogP contribution in [0.5, 0.6) is 0 Å². The van der Waals surface area contributed by atoms with Gasteiger partial charge in [0.1, 0.15) is 11.6 Å². The van der Waals surface area contributed by atoms with Crippen molar-refractivity contribution >= 4 is 5.91 Å². The summed E-state index contributed by atoms with van der Waals surface area (Å²) in [5.74, 6) is 3.14. The number of hydrogen-bond donors (Lipinski definition) is 1. The van der Waals surface area contributed by atoms with Gasteiger partial charge < -0.3 is 14.3 Å². The van der Waals surface area contributed by atoms with Crippen LogP contribution in [0.15, 0.2) is 22.8 Å². The molecule has 2 aromatic rings. The number of fused-ring (bicyclic) bond motifs is 1. The van der Waals surface area contributed by atoms with Crippen LogP contribution in [0, 0.1) is 5.92 Å². The van der Waals surface area contributed by atoms with Gasteiger partial charge >= 0.3 is 0 Å². The summed E-state index contributed by atoms with van der Waals surface area (Å²) in [6.45, 7) is 9.52. The van der Waals surface area contributed by atoms with Crippen molar-refractivity contribution in [1.82, 2.24) is 25.0 Å². The third kappa shape index (κ3) is 4.10. The molecule has 0 saturated carbocycles. The van der Waals surface area contributed by atoms with E-state index >= 15 is 0 Å². The number of hydrogen-bond acceptors (Lipinski definition) is 5. The maximum atomic E-state index is 11.9. The zero-order chi connectivity index (χ0) is 17.8. The summed E-state index contributed by atoms with van der Waals surface area (Å²) in [7, 11) is 0. The standard InChI is InChI=1S/C18H27N5O2/c1-4-16(24)19-17(13(2)3)18-21-20-15-7-8-22(9-10-23(15)18)12-14-6-5-11-25-14/h5-6,11,13,17H,4,7-10,12H2,1-3H3,(H,19,24). The molecule has 1 atom stereocenters. The van der Waals surface area contributed by atoms with Crippen molar-refractivity contribution < 1.29 is 9.21 Å². The van der Waals surface area contributed by atoms with E-state index in [2.05, 4.69) is 38.8 Å². The van der Waals surface area contributed by atoms with Gasteiger partial charge in [-0.3, -0.25) is 9.69 Å². The summed E-state index contributed by atoms with van der Waals surface area (Å²) in [5.41, 5.74) is 0. The second-order valence-corrected chi connectivity index (χ2v) is 6.87. The molecular formula is C18H27N5O2. The number of nitrogens with zero attached hydrogens (tertiary/aromatic N) is 4. The van der Waals surface area contributed by atoms with Crippen LogP contribution in [0.1, 0.15) is 50.6 Å². The second-order valence-electron chi connectivity index (χ2n) is 6.87. The molecular weight excluding hydrogens is 318 g/mol. The van der Waals surface area contributed by atoms with Gasteiger partial charge in [0, 0.05) is 32.5 Å². The minimum Gasteiger partial charge on any atom is -0.468 e. The zero-order valence-electron chi connectivity index (χ0n) is 15.2. The Bertz CT molecular complexity index is 692. The van der Waals surface area contributed by atoms with E-state index in [0.29, 0.717) is 6.42 Å². The van der Waals surface area contributed by atoms with Crippen LogP contribution in [0.3, 0.4) is 0 Å². The minimum atomic E-state index is -0.106. The van der Waals surface area contributed by atoms with E-state index in [1.165, 1.54) is 0 Å². The summed E-state index contributed by atoms with van der Waals surface area (Å²) in [6.07, 6.45) is 3.03. The Kier molecular flexibility index (Phi) is 5.53. The van der Waals surface area contributed by atoms with E-state index in [1.54, 1.807) is 6.26 Å². The number of carbonyl (C=O) groups excluding carboxylic acids is 1. The van der Waals surface area contributed by atoms with Gasteiger partial charge in [-0.05, 0) is 18.1 Å². The molecule has 25 heavy (non-hydrogen) atoms. The molecule has 1 unspecified atom stereocenters.